The summed E-state index contributed by atoms with van der Waals surface area (Å²) in [7, 11) is -2.85. The van der Waals surface area contributed by atoms with Crippen molar-refractivity contribution >= 4 is 39.1 Å². The topological polar surface area (TPSA) is 96.0 Å². The van der Waals surface area contributed by atoms with Crippen molar-refractivity contribution in [3.63, 3.8) is 0 Å². The lowest BCUT2D eigenvalue weighted by molar-refractivity contribution is -0.140. The molecule has 3 aromatic rings. The molecule has 0 spiro atoms. The minimum Gasteiger partial charge on any atom is -0.497 e. The molecule has 1 N–H and O–H groups in total. The van der Waals surface area contributed by atoms with Gasteiger partial charge in [0.2, 0.25) is 21.8 Å². The molecular weight excluding hydrogens is 607 g/mol. The number of nitrogens with one attached hydrogen (secondary N) is 1. The number of ether oxygens (including phenoxy) is 1. The molecule has 1 atom stereocenters. The van der Waals surface area contributed by atoms with Gasteiger partial charge in [0.25, 0.3) is 0 Å². The van der Waals surface area contributed by atoms with Crippen LogP contribution in [0.15, 0.2) is 72.8 Å². The molecule has 0 radical (unpaired) electrons. The van der Waals surface area contributed by atoms with Gasteiger partial charge in [-0.3, -0.25) is 13.9 Å². The van der Waals surface area contributed by atoms with E-state index in [2.05, 4.69) is 5.32 Å². The van der Waals surface area contributed by atoms with E-state index >= 15 is 0 Å². The zero-order chi connectivity index (χ0) is 31.8. The number of amides is 2. The monoisotopic (exact) mass is 639 g/mol. The van der Waals surface area contributed by atoms with Gasteiger partial charge in [-0.15, -0.1) is 0 Å². The Bertz CT molecular complexity index is 1520. The van der Waals surface area contributed by atoms with E-state index in [1.54, 1.807) is 54.6 Å². The van der Waals surface area contributed by atoms with Crippen LogP contribution in [0.3, 0.4) is 0 Å². The number of benzene rings is 3. The van der Waals surface area contributed by atoms with Crippen LogP contribution in [0.1, 0.15) is 30.0 Å². The Morgan fingerprint density at radius 2 is 1.67 bits per heavy atom. The number of nitrogens with zero attached hydrogens (tertiary/aromatic N) is 2. The van der Waals surface area contributed by atoms with Crippen molar-refractivity contribution < 1.29 is 35.9 Å². The highest BCUT2D eigenvalue weighted by molar-refractivity contribution is 7.92. The maximum absolute atomic E-state index is 14.1. The molecule has 43 heavy (non-hydrogen) atoms. The summed E-state index contributed by atoms with van der Waals surface area (Å²) in [5.74, 6) is -0.798. The number of rotatable bonds is 13. The van der Waals surface area contributed by atoms with Crippen LogP contribution in [0.4, 0.5) is 18.9 Å². The number of hydrogen-bond donors (Lipinski definition) is 1. The number of carbonyl (C=O) groups excluding carboxylic acids is 2. The van der Waals surface area contributed by atoms with Gasteiger partial charge < -0.3 is 15.0 Å². The van der Waals surface area contributed by atoms with Crippen molar-refractivity contribution in [2.45, 2.75) is 38.5 Å². The number of carbonyl (C=O) groups is 2. The number of methoxy groups -OCH3 is 1. The third-order valence-electron chi connectivity index (χ3n) is 6.53. The zero-order valence-corrected chi connectivity index (χ0v) is 25.5. The normalized spacial score (nSPS) is 12.3. The number of sulfonamides is 1. The summed E-state index contributed by atoms with van der Waals surface area (Å²) in [5, 5.41) is 2.51. The van der Waals surface area contributed by atoms with Crippen LogP contribution in [0.5, 0.6) is 5.75 Å². The lowest BCUT2D eigenvalue weighted by Gasteiger charge is -2.33. The van der Waals surface area contributed by atoms with E-state index < -0.39 is 51.9 Å². The Balaban J connectivity index is 2.11. The van der Waals surface area contributed by atoms with E-state index in [1.165, 1.54) is 12.0 Å². The van der Waals surface area contributed by atoms with Crippen LogP contribution in [0, 0.1) is 0 Å². The third-order valence-corrected chi connectivity index (χ3v) is 7.97. The lowest BCUT2D eigenvalue weighted by atomic mass is 10.0. The average Bonchev–Trinajstić information content (AvgIpc) is 2.96. The third kappa shape index (κ3) is 9.36. The lowest BCUT2D eigenvalue weighted by Crippen LogP contribution is -2.53. The molecule has 0 bridgehead atoms. The van der Waals surface area contributed by atoms with Crippen LogP contribution in [0.25, 0.3) is 0 Å². The molecule has 13 heteroatoms. The quantitative estimate of drug-likeness (QED) is 0.274. The fraction of sp³-hybridized carbons (Fsp3) is 0.333. The van der Waals surface area contributed by atoms with E-state index in [-0.39, 0.29) is 18.0 Å². The highest BCUT2D eigenvalue weighted by Crippen LogP contribution is 2.36. The van der Waals surface area contributed by atoms with Crippen LogP contribution >= 0.6 is 11.6 Å². The molecule has 0 fully saturated rings. The molecular formula is C30H33ClF3N3O5S. The summed E-state index contributed by atoms with van der Waals surface area (Å²) in [6.07, 6.45) is -3.30. The van der Waals surface area contributed by atoms with Crippen molar-refractivity contribution in [3.8, 4) is 5.75 Å². The van der Waals surface area contributed by atoms with Gasteiger partial charge in [-0.2, -0.15) is 13.2 Å². The first kappa shape index (κ1) is 33.7. The Kier molecular flexibility index (Phi) is 11.5. The standard InChI is InChI=1S/C30H33ClF3N3O5S/c1-4-15-35-29(39)27(17-21-9-6-5-7-10-21)36(19-22-11-8-12-24(16-22)42-2)28(38)20-37(43(3,40)41)26-18-23(30(32,33)34)13-14-25(26)31/h5-14,16,18,27H,4,15,17,19-20H2,1-3H3,(H,35,39)/t27-/m1/s1. The van der Waals surface area contributed by atoms with E-state index in [0.717, 1.165) is 24.0 Å². The van der Waals surface area contributed by atoms with Crippen molar-refractivity contribution in [1.29, 1.82) is 0 Å². The molecule has 232 valence electrons. The molecule has 8 nitrogen and oxygen atoms in total. The summed E-state index contributed by atoms with van der Waals surface area (Å²) < 4.78 is 72.2. The molecule has 2 amide bonds. The number of hydrogen-bond acceptors (Lipinski definition) is 5. The van der Waals surface area contributed by atoms with E-state index in [9.17, 15) is 31.2 Å². The summed E-state index contributed by atoms with van der Waals surface area (Å²) in [6, 6.07) is 16.9. The Morgan fingerprint density at radius 1 is 1.00 bits per heavy atom. The van der Waals surface area contributed by atoms with Gasteiger partial charge in [0.1, 0.15) is 18.3 Å². The highest BCUT2D eigenvalue weighted by atomic mass is 35.5. The fourth-order valence-corrected chi connectivity index (χ4v) is 5.49. The maximum atomic E-state index is 14.1. The van der Waals surface area contributed by atoms with E-state index in [1.807, 2.05) is 6.92 Å². The molecule has 3 rings (SSSR count). The van der Waals surface area contributed by atoms with Gasteiger partial charge in [-0.05, 0) is 47.9 Å². The van der Waals surface area contributed by atoms with Gasteiger partial charge >= 0.3 is 6.18 Å². The minimum atomic E-state index is -4.79. The van der Waals surface area contributed by atoms with Gasteiger partial charge in [-0.25, -0.2) is 8.42 Å². The second-order valence-corrected chi connectivity index (χ2v) is 12.1. The van der Waals surface area contributed by atoms with Crippen molar-refractivity contribution in [3.05, 3.63) is 94.5 Å². The SMILES string of the molecule is CCCNC(=O)[C@@H](Cc1ccccc1)N(Cc1cccc(OC)c1)C(=O)CN(c1cc(C(F)(F)F)ccc1Cl)S(C)(=O)=O. The molecule has 0 unspecified atom stereocenters. The predicted octanol–water partition coefficient (Wildman–Crippen LogP) is 5.30. The molecule has 0 aliphatic heterocycles. The van der Waals surface area contributed by atoms with Crippen LogP contribution < -0.4 is 14.4 Å². The number of alkyl halides is 3. The summed E-state index contributed by atoms with van der Waals surface area (Å²) in [5.41, 5.74) is -0.327. The molecule has 0 saturated carbocycles. The average molecular weight is 640 g/mol. The van der Waals surface area contributed by atoms with Crippen LogP contribution in [0.2, 0.25) is 5.02 Å². The summed E-state index contributed by atoms with van der Waals surface area (Å²) in [4.78, 5) is 28.8. The molecule has 0 aromatic heterocycles. The zero-order valence-electron chi connectivity index (χ0n) is 23.9. The first-order valence-corrected chi connectivity index (χ1v) is 15.6. The summed E-state index contributed by atoms with van der Waals surface area (Å²) >= 11 is 6.17. The Labute approximate surface area is 254 Å². The molecule has 0 heterocycles. The summed E-state index contributed by atoms with van der Waals surface area (Å²) in [6.45, 7) is 1.17. The predicted molar refractivity (Wildman–Crippen MR) is 159 cm³/mol. The second-order valence-electron chi connectivity index (χ2n) is 9.80. The smallest absolute Gasteiger partial charge is 0.416 e. The first-order chi connectivity index (χ1) is 20.2. The molecule has 0 saturated heterocycles. The second kappa shape index (κ2) is 14.6. The Morgan fingerprint density at radius 3 is 2.28 bits per heavy atom. The van der Waals surface area contributed by atoms with Gasteiger partial charge in [0.05, 0.1) is 29.6 Å². The molecule has 3 aromatic carbocycles. The van der Waals surface area contributed by atoms with Crippen molar-refractivity contribution in [2.75, 3.05) is 30.8 Å². The van der Waals surface area contributed by atoms with Crippen molar-refractivity contribution in [2.24, 2.45) is 0 Å². The first-order valence-electron chi connectivity index (χ1n) is 13.3. The maximum Gasteiger partial charge on any atom is 0.416 e. The van der Waals surface area contributed by atoms with Crippen LogP contribution in [-0.4, -0.2) is 57.6 Å². The Hall–Kier alpha value is -3.77. The van der Waals surface area contributed by atoms with Crippen LogP contribution in [-0.2, 0) is 38.8 Å². The van der Waals surface area contributed by atoms with Gasteiger partial charge in [0.15, 0.2) is 0 Å². The fourth-order valence-electron chi connectivity index (χ4n) is 4.36. The van der Waals surface area contributed by atoms with Crippen molar-refractivity contribution in [1.82, 2.24) is 10.2 Å². The number of anilines is 1. The van der Waals surface area contributed by atoms with E-state index in [4.69, 9.17) is 16.3 Å². The number of halogens is 4. The molecule has 0 aliphatic carbocycles. The minimum absolute atomic E-state index is 0.0925. The van der Waals surface area contributed by atoms with E-state index in [0.29, 0.717) is 34.7 Å². The van der Waals surface area contributed by atoms with Gasteiger partial charge in [0, 0.05) is 19.5 Å². The highest BCUT2D eigenvalue weighted by Gasteiger charge is 2.35. The van der Waals surface area contributed by atoms with Gasteiger partial charge in [-0.1, -0.05) is 61.0 Å². The largest absolute Gasteiger partial charge is 0.497 e. The molecule has 0 aliphatic rings.